The van der Waals surface area contributed by atoms with Gasteiger partial charge < -0.3 is 19.5 Å². The van der Waals surface area contributed by atoms with Gasteiger partial charge in [-0.1, -0.05) is 72.8 Å². The van der Waals surface area contributed by atoms with E-state index in [4.69, 9.17) is 9.47 Å². The first-order valence-corrected chi connectivity index (χ1v) is 12.1. The molecule has 2 aromatic carbocycles. The zero-order valence-corrected chi connectivity index (χ0v) is 20.9. The molecule has 2 aliphatic rings. The van der Waals surface area contributed by atoms with Crippen LogP contribution in [0.3, 0.4) is 0 Å². The maximum Gasteiger partial charge on any atom is 0.411 e. The van der Waals surface area contributed by atoms with Crippen LogP contribution in [0.4, 0.5) is 4.79 Å². The summed E-state index contributed by atoms with van der Waals surface area (Å²) in [6.07, 6.45) is 2.29. The topological polar surface area (TPSA) is 113 Å². The Labute approximate surface area is 215 Å². The molecule has 2 saturated heterocycles. The van der Waals surface area contributed by atoms with Crippen molar-refractivity contribution in [3.05, 3.63) is 77.9 Å². The van der Waals surface area contributed by atoms with Crippen LogP contribution in [-0.4, -0.2) is 69.2 Å². The fourth-order valence-electron chi connectivity index (χ4n) is 4.65. The summed E-state index contributed by atoms with van der Waals surface area (Å²) in [5.74, 6) is -2.64. The molecule has 9 nitrogen and oxygen atoms in total. The van der Waals surface area contributed by atoms with Gasteiger partial charge in [-0.2, -0.15) is 0 Å². The van der Waals surface area contributed by atoms with Gasteiger partial charge in [-0.05, 0) is 31.9 Å². The van der Waals surface area contributed by atoms with Crippen LogP contribution in [0.25, 0.3) is 6.08 Å². The second-order valence-electron chi connectivity index (χ2n) is 10.0. The van der Waals surface area contributed by atoms with E-state index in [1.54, 1.807) is 32.9 Å². The summed E-state index contributed by atoms with van der Waals surface area (Å²) < 4.78 is 10.6. The number of hydrogen-bond donors (Lipinski definition) is 1. The van der Waals surface area contributed by atoms with Gasteiger partial charge in [0.1, 0.15) is 24.3 Å². The predicted octanol–water partition coefficient (Wildman–Crippen LogP) is 3.66. The van der Waals surface area contributed by atoms with E-state index >= 15 is 0 Å². The third-order valence-electron chi connectivity index (χ3n) is 6.23. The number of benzene rings is 2. The fourth-order valence-corrected chi connectivity index (χ4v) is 4.65. The Kier molecular flexibility index (Phi) is 7.33. The van der Waals surface area contributed by atoms with Crippen LogP contribution in [0.5, 0.6) is 0 Å². The van der Waals surface area contributed by atoms with Crippen molar-refractivity contribution in [3.63, 3.8) is 0 Å². The number of nitrogens with zero attached hydrogens (tertiary/aromatic N) is 2. The maximum absolute atomic E-state index is 13.5. The molecular weight excluding hydrogens is 476 g/mol. The first-order chi connectivity index (χ1) is 17.6. The Morgan fingerprint density at radius 3 is 2.30 bits per heavy atom. The average molecular weight is 507 g/mol. The van der Waals surface area contributed by atoms with Crippen LogP contribution in [0, 0.1) is 0 Å². The number of amides is 2. The molecule has 1 N–H and O–H groups in total. The lowest BCUT2D eigenvalue weighted by Gasteiger charge is -2.51. The third-order valence-corrected chi connectivity index (χ3v) is 6.23. The highest BCUT2D eigenvalue weighted by molar-refractivity contribution is 5.98. The van der Waals surface area contributed by atoms with Crippen LogP contribution < -0.4 is 0 Å². The molecule has 37 heavy (non-hydrogen) atoms. The van der Waals surface area contributed by atoms with E-state index in [-0.39, 0.29) is 6.61 Å². The molecule has 2 aliphatic heterocycles. The zero-order chi connectivity index (χ0) is 26.7. The Hall–Kier alpha value is -4.14. The van der Waals surface area contributed by atoms with Gasteiger partial charge in [0.2, 0.25) is 5.91 Å². The van der Waals surface area contributed by atoms with Crippen molar-refractivity contribution in [2.75, 3.05) is 6.61 Å². The Morgan fingerprint density at radius 1 is 1.08 bits per heavy atom. The van der Waals surface area contributed by atoms with Crippen molar-refractivity contribution in [2.24, 2.45) is 0 Å². The van der Waals surface area contributed by atoms with Crippen LogP contribution >= 0.6 is 0 Å². The predicted molar refractivity (Wildman–Crippen MR) is 134 cm³/mol. The van der Waals surface area contributed by atoms with Gasteiger partial charge in [-0.3, -0.25) is 14.5 Å². The van der Waals surface area contributed by atoms with Crippen LogP contribution in [0.1, 0.15) is 44.4 Å². The molecule has 194 valence electrons. The minimum absolute atomic E-state index is 0.0714. The minimum atomic E-state index is -1.46. The number of ether oxygens (including phenoxy) is 2. The molecule has 4 atom stereocenters. The lowest BCUT2D eigenvalue weighted by molar-refractivity contribution is -0.173. The monoisotopic (exact) mass is 506 g/mol. The number of β-lactam (4-membered cyclic amide) rings is 1. The van der Waals surface area contributed by atoms with Crippen LogP contribution in [-0.2, 0) is 23.9 Å². The Balaban J connectivity index is 1.67. The van der Waals surface area contributed by atoms with Gasteiger partial charge >= 0.3 is 18.0 Å². The summed E-state index contributed by atoms with van der Waals surface area (Å²) in [5.41, 5.74) is 0.827. The first kappa shape index (κ1) is 25.9. The summed E-state index contributed by atoms with van der Waals surface area (Å²) >= 11 is 0. The molecule has 0 radical (unpaired) electrons. The standard InChI is InChI=1S/C28H30N2O7/c1-28(2,3)37-23(31)16-21(26(33)34)29-20(15-14-18-10-6-4-7-11-18)24(25(29)32)30-22(17-36-27(30)35)19-12-8-5-9-13-19/h4-15,20-22,24H,16-17H2,1-3H3,(H,33,34)/t20?,21?,22-,24?/m1/s1. The summed E-state index contributed by atoms with van der Waals surface area (Å²) in [4.78, 5) is 53.6. The summed E-state index contributed by atoms with van der Waals surface area (Å²) in [7, 11) is 0. The number of esters is 1. The van der Waals surface area contributed by atoms with Gasteiger partial charge in [-0.15, -0.1) is 0 Å². The number of carboxylic acids is 1. The molecule has 0 saturated carbocycles. The molecule has 2 heterocycles. The minimum Gasteiger partial charge on any atom is -0.480 e. The van der Waals surface area contributed by atoms with Gasteiger partial charge in [0.15, 0.2) is 0 Å². The number of likely N-dealkylation sites (tertiary alicyclic amines) is 1. The number of aliphatic carboxylic acids is 1. The quantitative estimate of drug-likeness (QED) is 0.429. The molecule has 0 aromatic heterocycles. The van der Waals surface area contributed by atoms with Crippen molar-refractivity contribution in [2.45, 2.75) is 57.0 Å². The molecule has 0 aliphatic carbocycles. The molecule has 2 amide bonds. The van der Waals surface area contributed by atoms with E-state index < -0.39 is 60.1 Å². The van der Waals surface area contributed by atoms with Crippen molar-refractivity contribution in [1.82, 2.24) is 9.80 Å². The zero-order valence-electron chi connectivity index (χ0n) is 20.9. The summed E-state index contributed by atoms with van der Waals surface area (Å²) in [6.45, 7) is 5.11. The van der Waals surface area contributed by atoms with Gasteiger partial charge in [0, 0.05) is 0 Å². The van der Waals surface area contributed by atoms with Gasteiger partial charge in [-0.25, -0.2) is 9.59 Å². The lowest BCUT2D eigenvalue weighted by atomic mass is 9.87. The third kappa shape index (κ3) is 5.66. The highest BCUT2D eigenvalue weighted by Gasteiger charge is 2.58. The smallest absolute Gasteiger partial charge is 0.411 e. The van der Waals surface area contributed by atoms with E-state index in [1.807, 2.05) is 60.7 Å². The van der Waals surface area contributed by atoms with E-state index in [0.717, 1.165) is 16.0 Å². The van der Waals surface area contributed by atoms with Crippen molar-refractivity contribution in [1.29, 1.82) is 0 Å². The molecule has 2 fully saturated rings. The number of carbonyl (C=O) groups excluding carboxylic acids is 3. The normalized spacial score (nSPS) is 22.5. The van der Waals surface area contributed by atoms with Crippen molar-refractivity contribution >= 4 is 30.0 Å². The number of hydrogen-bond acceptors (Lipinski definition) is 6. The highest BCUT2D eigenvalue weighted by Crippen LogP contribution is 2.38. The Morgan fingerprint density at radius 2 is 1.70 bits per heavy atom. The molecule has 0 bridgehead atoms. The number of cyclic esters (lactones) is 1. The van der Waals surface area contributed by atoms with Gasteiger partial charge in [0.25, 0.3) is 0 Å². The SMILES string of the molecule is CC(C)(C)OC(=O)CC(C(=O)O)N1C(=O)C(N2C(=O)OC[C@@H]2c2ccccc2)C1C=Cc1ccccc1. The molecule has 2 aromatic rings. The van der Waals surface area contributed by atoms with E-state index in [1.165, 1.54) is 4.90 Å². The van der Waals surface area contributed by atoms with Crippen LogP contribution in [0.2, 0.25) is 0 Å². The number of carbonyl (C=O) groups is 4. The second kappa shape index (κ2) is 10.5. The summed E-state index contributed by atoms with van der Waals surface area (Å²) in [5, 5.41) is 9.98. The first-order valence-electron chi connectivity index (χ1n) is 12.1. The van der Waals surface area contributed by atoms with Gasteiger partial charge in [0.05, 0.1) is 18.5 Å². The van der Waals surface area contributed by atoms with E-state index in [2.05, 4.69) is 0 Å². The fraction of sp³-hybridized carbons (Fsp3) is 0.357. The summed E-state index contributed by atoms with van der Waals surface area (Å²) in [6, 6.07) is 14.8. The maximum atomic E-state index is 13.5. The molecule has 3 unspecified atom stereocenters. The largest absolute Gasteiger partial charge is 0.480 e. The number of rotatable bonds is 8. The van der Waals surface area contributed by atoms with Crippen molar-refractivity contribution in [3.8, 4) is 0 Å². The van der Waals surface area contributed by atoms with Crippen molar-refractivity contribution < 1.29 is 33.8 Å². The molecule has 9 heteroatoms. The van der Waals surface area contributed by atoms with E-state index in [9.17, 15) is 24.3 Å². The second-order valence-corrected chi connectivity index (χ2v) is 10.0. The lowest BCUT2D eigenvalue weighted by Crippen LogP contribution is -2.73. The molecule has 0 spiro atoms. The van der Waals surface area contributed by atoms with E-state index in [0.29, 0.717) is 0 Å². The number of carboxylic acid groups (broad SMARTS) is 1. The average Bonchev–Trinajstić information content (AvgIpc) is 3.21. The molecule has 4 rings (SSSR count). The van der Waals surface area contributed by atoms with Crippen LogP contribution in [0.15, 0.2) is 66.7 Å². The molecular formula is C28H30N2O7. The highest BCUT2D eigenvalue weighted by atomic mass is 16.6. The Bertz CT molecular complexity index is 1190.